The van der Waals surface area contributed by atoms with Crippen molar-refractivity contribution >= 4 is 17.8 Å². The highest BCUT2D eigenvalue weighted by Gasteiger charge is 2.58. The number of aliphatic carboxylic acids is 1. The lowest BCUT2D eigenvalue weighted by molar-refractivity contribution is -0.375. The fourth-order valence-corrected chi connectivity index (χ4v) is 6.25. The van der Waals surface area contributed by atoms with Crippen molar-refractivity contribution in [1.29, 1.82) is 0 Å². The average Bonchev–Trinajstić information content (AvgIpc) is 3.37. The van der Waals surface area contributed by atoms with E-state index in [0.717, 1.165) is 13.8 Å². The summed E-state index contributed by atoms with van der Waals surface area (Å²) in [6, 6.07) is -1.59. The summed E-state index contributed by atoms with van der Waals surface area (Å²) in [7, 11) is 0. The lowest BCUT2D eigenvalue weighted by Gasteiger charge is -2.48. The molecular weight excluding hydrogens is 718 g/mol. The van der Waals surface area contributed by atoms with Crippen LogP contribution in [0.5, 0.6) is 0 Å². The Kier molecular flexibility index (Phi) is 14.6. The van der Waals surface area contributed by atoms with E-state index in [4.69, 9.17) is 37.9 Å². The highest BCUT2D eigenvalue weighted by molar-refractivity contribution is 5.75. The Hall–Kier alpha value is -2.31. The zero-order chi connectivity index (χ0) is 38.8. The van der Waals surface area contributed by atoms with Crippen LogP contribution in [0.2, 0.25) is 0 Å². The van der Waals surface area contributed by atoms with Crippen molar-refractivity contribution in [2.75, 3.05) is 19.8 Å². The van der Waals surface area contributed by atoms with Gasteiger partial charge in [-0.2, -0.15) is 0 Å². The molecule has 4 heterocycles. The van der Waals surface area contributed by atoms with Gasteiger partial charge in [-0.25, -0.2) is 4.79 Å². The molecule has 300 valence electrons. The van der Waals surface area contributed by atoms with Gasteiger partial charge in [-0.1, -0.05) is 0 Å². The van der Waals surface area contributed by atoms with Gasteiger partial charge in [-0.3, -0.25) is 9.59 Å². The zero-order valence-corrected chi connectivity index (χ0v) is 27.5. The summed E-state index contributed by atoms with van der Waals surface area (Å²) in [6.07, 6.45) is -36.2. The van der Waals surface area contributed by atoms with Crippen LogP contribution in [0, 0.1) is 0 Å². The third-order valence-electron chi connectivity index (χ3n) is 8.82. The Morgan fingerprint density at radius 2 is 1.21 bits per heavy atom. The molecule has 24 heteroatoms. The van der Waals surface area contributed by atoms with E-state index in [0.29, 0.717) is 0 Å². The third-order valence-corrected chi connectivity index (χ3v) is 8.82. The lowest BCUT2D eigenvalue weighted by atomic mass is 9.94. The van der Waals surface area contributed by atoms with E-state index in [2.05, 4.69) is 5.32 Å². The monoisotopic (exact) mass is 763 g/mol. The molecule has 0 spiro atoms. The van der Waals surface area contributed by atoms with Crippen LogP contribution in [0.25, 0.3) is 0 Å². The number of hydrogen-bond donors (Lipinski definition) is 13. The number of carbonyl (C=O) groups is 3. The van der Waals surface area contributed by atoms with Gasteiger partial charge in [0, 0.05) is 13.8 Å². The number of aliphatic hydroxyl groups is 11. The Morgan fingerprint density at radius 3 is 1.77 bits per heavy atom. The normalized spacial score (nSPS) is 46.0. The zero-order valence-electron chi connectivity index (χ0n) is 27.5. The van der Waals surface area contributed by atoms with Gasteiger partial charge in [-0.05, 0) is 0 Å². The highest BCUT2D eigenvalue weighted by Crippen LogP contribution is 2.35. The molecule has 0 aromatic carbocycles. The molecule has 4 rings (SSSR count). The minimum Gasteiger partial charge on any atom is -0.479 e. The van der Waals surface area contributed by atoms with Crippen LogP contribution in [-0.4, -0.2) is 222 Å². The number of hydrogen-bond acceptors (Lipinski definition) is 22. The number of carboxylic acids is 1. The van der Waals surface area contributed by atoms with Crippen LogP contribution in [0.15, 0.2) is 0 Å². The van der Waals surface area contributed by atoms with Crippen molar-refractivity contribution in [3.63, 3.8) is 0 Å². The number of carbonyl (C=O) groups excluding carboxylic acids is 2. The van der Waals surface area contributed by atoms with Gasteiger partial charge in [0.1, 0.15) is 85.4 Å². The van der Waals surface area contributed by atoms with E-state index in [-0.39, 0.29) is 0 Å². The van der Waals surface area contributed by atoms with Crippen molar-refractivity contribution in [3.05, 3.63) is 0 Å². The quantitative estimate of drug-likeness (QED) is 0.0774. The first-order valence-electron chi connectivity index (χ1n) is 16.0. The summed E-state index contributed by atoms with van der Waals surface area (Å²) < 4.78 is 43.3. The number of amides is 1. The Bertz CT molecular complexity index is 1210. The van der Waals surface area contributed by atoms with E-state index < -0.39 is 160 Å². The van der Waals surface area contributed by atoms with Gasteiger partial charge < -0.3 is 104 Å². The molecular formula is C28H45NO23. The van der Waals surface area contributed by atoms with E-state index in [1.807, 2.05) is 0 Å². The van der Waals surface area contributed by atoms with Crippen LogP contribution in [0.1, 0.15) is 13.8 Å². The molecule has 4 fully saturated rings. The number of esters is 1. The summed E-state index contributed by atoms with van der Waals surface area (Å²) in [4.78, 5) is 36.3. The Balaban J connectivity index is 1.60. The first-order valence-corrected chi connectivity index (χ1v) is 16.0. The van der Waals surface area contributed by atoms with Gasteiger partial charge >= 0.3 is 11.9 Å². The van der Waals surface area contributed by atoms with Crippen molar-refractivity contribution in [3.8, 4) is 0 Å². The molecule has 20 atom stereocenters. The van der Waals surface area contributed by atoms with E-state index in [1.54, 1.807) is 0 Å². The van der Waals surface area contributed by atoms with Crippen LogP contribution >= 0.6 is 0 Å². The SMILES string of the molecule is CC(=O)N[C@@H]1[C@@H](O[C@H]2O[C@H](C(=O)O)[C@H](OC(C)=O)[C@H](O[C@H]3O[C@H](CO)[C@H](O[C@@H]4O[C@@H]([C@H](O)CO)[C@H](O)[C@H]4O)[C@H](O)[C@H]3O)[C@H]2O)[C@@H](O)[C@@H](CO)O[C@H]1O. The standard InChI is InChI=1S/C28H45NO23/c1-6(33)29-11-20(12(36)9(4-31)46-25(11)44)50-28-17(41)21(22(45-7(2)34)23(52-28)24(42)43)51-26-16(40)14(38)19(10(5-32)47-26)49-27-15(39)13(37)18(48-27)8(35)3-30/h8-23,25-28,30-32,35-41,44H,3-5H2,1-2H3,(H,29,33)(H,42,43)/t8-,9-,10-,11-,12+,13-,14-,15-,16-,17-,18+,19+,20-,21-,22-,23+,25-,26-,27+,28+/m1/s1. The van der Waals surface area contributed by atoms with Crippen molar-refractivity contribution in [2.45, 2.75) is 137 Å². The molecule has 13 N–H and O–H groups in total. The summed E-state index contributed by atoms with van der Waals surface area (Å²) in [6.45, 7) is -0.818. The maximum Gasteiger partial charge on any atom is 0.336 e. The smallest absolute Gasteiger partial charge is 0.336 e. The molecule has 0 aliphatic carbocycles. The number of aliphatic hydroxyl groups excluding tert-OH is 11. The van der Waals surface area contributed by atoms with Crippen LogP contribution in [0.3, 0.4) is 0 Å². The van der Waals surface area contributed by atoms with Crippen LogP contribution in [0.4, 0.5) is 0 Å². The molecule has 4 saturated heterocycles. The molecule has 52 heavy (non-hydrogen) atoms. The Morgan fingerprint density at radius 1 is 0.654 bits per heavy atom. The van der Waals surface area contributed by atoms with Gasteiger partial charge in [-0.15, -0.1) is 0 Å². The average molecular weight is 764 g/mol. The predicted molar refractivity (Wildman–Crippen MR) is 156 cm³/mol. The maximum atomic E-state index is 12.4. The van der Waals surface area contributed by atoms with Crippen molar-refractivity contribution in [1.82, 2.24) is 5.32 Å². The van der Waals surface area contributed by atoms with Gasteiger partial charge in [0.15, 0.2) is 37.4 Å². The minimum atomic E-state index is -2.23. The maximum absolute atomic E-state index is 12.4. The second-order valence-electron chi connectivity index (χ2n) is 12.5. The summed E-state index contributed by atoms with van der Waals surface area (Å²) in [5.74, 6) is -3.67. The van der Waals surface area contributed by atoms with Gasteiger partial charge in [0.2, 0.25) is 5.91 Å². The first-order chi connectivity index (χ1) is 24.4. The van der Waals surface area contributed by atoms with Crippen molar-refractivity contribution < 1.29 is 114 Å². The largest absolute Gasteiger partial charge is 0.479 e. The van der Waals surface area contributed by atoms with Gasteiger partial charge in [0.25, 0.3) is 0 Å². The molecule has 24 nitrogen and oxygen atoms in total. The second-order valence-corrected chi connectivity index (χ2v) is 12.5. The number of rotatable bonds is 13. The topological polar surface area (TPSA) is 380 Å². The summed E-state index contributed by atoms with van der Waals surface area (Å²) in [5, 5.41) is 126. The molecule has 0 bridgehead atoms. The fraction of sp³-hybridized carbons (Fsp3) is 0.893. The Labute approximate surface area is 293 Å². The number of carboxylic acid groups (broad SMARTS) is 1. The predicted octanol–water partition coefficient (Wildman–Crippen LogP) is -8.94. The third kappa shape index (κ3) is 8.96. The minimum absolute atomic E-state index is 0.754. The molecule has 0 saturated carbocycles. The summed E-state index contributed by atoms with van der Waals surface area (Å²) in [5.41, 5.74) is 0. The number of nitrogens with one attached hydrogen (secondary N) is 1. The summed E-state index contributed by atoms with van der Waals surface area (Å²) >= 11 is 0. The van der Waals surface area contributed by atoms with Gasteiger partial charge in [0.05, 0.1) is 19.8 Å². The molecule has 0 radical (unpaired) electrons. The van der Waals surface area contributed by atoms with E-state index in [1.165, 1.54) is 0 Å². The molecule has 4 aliphatic rings. The lowest BCUT2D eigenvalue weighted by Crippen LogP contribution is -2.69. The second kappa shape index (κ2) is 17.9. The number of ether oxygens (including phenoxy) is 8. The molecule has 4 aliphatic heterocycles. The van der Waals surface area contributed by atoms with Crippen LogP contribution in [-0.2, 0) is 52.3 Å². The molecule has 0 unspecified atom stereocenters. The van der Waals surface area contributed by atoms with E-state index in [9.17, 15) is 75.7 Å². The first kappa shape index (κ1) is 42.4. The fourth-order valence-electron chi connectivity index (χ4n) is 6.25. The van der Waals surface area contributed by atoms with Crippen molar-refractivity contribution in [2.24, 2.45) is 0 Å². The molecule has 1 amide bonds. The van der Waals surface area contributed by atoms with E-state index >= 15 is 0 Å². The molecule has 0 aromatic rings. The highest BCUT2D eigenvalue weighted by atomic mass is 16.8. The molecule has 0 aromatic heterocycles. The van der Waals surface area contributed by atoms with Crippen LogP contribution < -0.4 is 5.32 Å².